The van der Waals surface area contributed by atoms with Gasteiger partial charge in [-0.25, -0.2) is 8.78 Å². The van der Waals surface area contributed by atoms with Crippen LogP contribution in [-0.4, -0.2) is 40.7 Å². The largest absolute Gasteiger partial charge is 0.612 e. The van der Waals surface area contributed by atoms with E-state index in [4.69, 9.17) is 11.6 Å². The van der Waals surface area contributed by atoms with Gasteiger partial charge in [0.2, 0.25) is 0 Å². The first-order valence-electron chi connectivity index (χ1n) is 12.8. The zero-order valence-corrected chi connectivity index (χ0v) is 24.1. The summed E-state index contributed by atoms with van der Waals surface area (Å²) in [5, 5.41) is 3.24. The lowest BCUT2D eigenvalue weighted by molar-refractivity contribution is 0.0606. The molecule has 4 nitrogen and oxygen atoms in total. The lowest BCUT2D eigenvalue weighted by Gasteiger charge is -2.37. The van der Waals surface area contributed by atoms with Gasteiger partial charge < -0.3 is 14.8 Å². The molecular weight excluding hydrogens is 558 g/mol. The molecule has 1 aliphatic rings. The van der Waals surface area contributed by atoms with Crippen LogP contribution < -0.4 is 5.32 Å². The summed E-state index contributed by atoms with van der Waals surface area (Å²) in [7, 11) is 1.95. The van der Waals surface area contributed by atoms with Crippen molar-refractivity contribution in [2.45, 2.75) is 49.2 Å². The van der Waals surface area contributed by atoms with E-state index in [1.807, 2.05) is 60.5 Å². The number of halogens is 3. The van der Waals surface area contributed by atoms with Crippen LogP contribution >= 0.6 is 22.9 Å². The normalized spacial score (nSPS) is 18.3. The second-order valence-electron chi connectivity index (χ2n) is 9.89. The van der Waals surface area contributed by atoms with Gasteiger partial charge in [-0.05, 0) is 84.9 Å². The molecule has 1 fully saturated rings. The third-order valence-electron chi connectivity index (χ3n) is 7.46. The van der Waals surface area contributed by atoms with Gasteiger partial charge >= 0.3 is 0 Å². The average molecular weight is 587 g/mol. The van der Waals surface area contributed by atoms with Crippen LogP contribution in [0.25, 0.3) is 21.2 Å². The Kier molecular flexibility index (Phi) is 8.59. The summed E-state index contributed by atoms with van der Waals surface area (Å²) in [5.41, 5.74) is 2.82. The van der Waals surface area contributed by atoms with E-state index in [9.17, 15) is 18.1 Å². The summed E-state index contributed by atoms with van der Waals surface area (Å²) in [5.74, 6) is -1.56. The van der Waals surface area contributed by atoms with Gasteiger partial charge in [0, 0.05) is 24.7 Å². The Morgan fingerprint density at radius 3 is 2.38 bits per heavy atom. The molecule has 39 heavy (non-hydrogen) atoms. The van der Waals surface area contributed by atoms with E-state index >= 15 is 0 Å². The van der Waals surface area contributed by atoms with Gasteiger partial charge in [-0.15, -0.1) is 11.3 Å². The highest BCUT2D eigenvalue weighted by Crippen LogP contribution is 2.40. The monoisotopic (exact) mass is 586 g/mol. The molecule has 0 spiro atoms. The third-order valence-corrected chi connectivity index (χ3v) is 10.1. The number of rotatable bonds is 7. The second kappa shape index (κ2) is 11.9. The predicted molar refractivity (Wildman–Crippen MR) is 156 cm³/mol. The van der Waals surface area contributed by atoms with Gasteiger partial charge in [0.05, 0.1) is 15.1 Å². The van der Waals surface area contributed by atoms with Gasteiger partial charge in [-0.1, -0.05) is 41.9 Å². The van der Waals surface area contributed by atoms with Crippen molar-refractivity contribution >= 4 is 50.1 Å². The highest BCUT2D eigenvalue weighted by atomic mass is 35.5. The molecule has 1 atom stereocenters. The zero-order valence-electron chi connectivity index (χ0n) is 21.7. The number of benzene rings is 3. The lowest BCUT2D eigenvalue weighted by atomic mass is 9.89. The fourth-order valence-corrected chi connectivity index (χ4v) is 7.38. The molecular formula is C30H29ClF2N2O2S2. The number of hydrogen-bond donors (Lipinski definition) is 1. The second-order valence-corrected chi connectivity index (χ2v) is 12.7. The number of nitrogens with one attached hydrogen (secondary N) is 1. The topological polar surface area (TPSA) is 55.4 Å². The van der Waals surface area contributed by atoms with Crippen molar-refractivity contribution in [1.82, 2.24) is 10.2 Å². The van der Waals surface area contributed by atoms with E-state index in [1.165, 1.54) is 0 Å². The first-order valence-corrected chi connectivity index (χ1v) is 15.6. The Morgan fingerprint density at radius 2 is 1.72 bits per heavy atom. The maximum absolute atomic E-state index is 14.6. The fraction of sp³-hybridized carbons (Fsp3) is 0.300. The SMILES string of the molecule is CN[C@H]1CC[C@H](N(Cc2cccc(-c3cccc([S+](C)[O-])c3)c2)C(=O)c2sc3c(F)ccc(F)c3c2Cl)CC1. The summed E-state index contributed by atoms with van der Waals surface area (Å²) in [6, 6.07) is 18.0. The van der Waals surface area contributed by atoms with Gasteiger partial charge in [0.1, 0.15) is 22.8 Å². The smallest absolute Gasteiger partial charge is 0.266 e. The van der Waals surface area contributed by atoms with E-state index in [-0.39, 0.29) is 31.9 Å². The Labute approximate surface area is 239 Å². The molecule has 9 heteroatoms. The molecule has 0 radical (unpaired) electrons. The van der Waals surface area contributed by atoms with Crippen LogP contribution in [0, 0.1) is 11.6 Å². The summed E-state index contributed by atoms with van der Waals surface area (Å²) in [6.45, 7) is 0.330. The number of thiophene rings is 1. The lowest BCUT2D eigenvalue weighted by Crippen LogP contribution is -2.44. The van der Waals surface area contributed by atoms with Crippen molar-refractivity contribution in [3.63, 3.8) is 0 Å². The molecule has 1 saturated carbocycles. The highest BCUT2D eigenvalue weighted by Gasteiger charge is 2.32. The van der Waals surface area contributed by atoms with Crippen molar-refractivity contribution in [1.29, 1.82) is 0 Å². The van der Waals surface area contributed by atoms with Crippen LogP contribution in [0.1, 0.15) is 40.9 Å². The van der Waals surface area contributed by atoms with Crippen LogP contribution in [0.15, 0.2) is 65.6 Å². The Bertz CT molecular complexity index is 1500. The highest BCUT2D eigenvalue weighted by molar-refractivity contribution is 7.90. The summed E-state index contributed by atoms with van der Waals surface area (Å²) in [4.78, 5) is 16.8. The summed E-state index contributed by atoms with van der Waals surface area (Å²) < 4.78 is 41.2. The van der Waals surface area contributed by atoms with Crippen molar-refractivity contribution in [2.75, 3.05) is 13.3 Å². The van der Waals surface area contributed by atoms with Crippen LogP contribution in [0.4, 0.5) is 8.78 Å². The van der Waals surface area contributed by atoms with Gasteiger partial charge in [0.25, 0.3) is 5.91 Å². The van der Waals surface area contributed by atoms with Crippen molar-refractivity contribution < 1.29 is 18.1 Å². The van der Waals surface area contributed by atoms with Crippen LogP contribution in [-0.2, 0) is 17.7 Å². The van der Waals surface area contributed by atoms with Gasteiger partial charge in [0.15, 0.2) is 4.90 Å². The Hall–Kier alpha value is -2.49. The molecule has 204 valence electrons. The molecule has 0 aliphatic heterocycles. The van der Waals surface area contributed by atoms with E-state index in [0.29, 0.717) is 12.6 Å². The molecule has 1 amide bonds. The number of carbonyl (C=O) groups is 1. The molecule has 3 aromatic carbocycles. The zero-order chi connectivity index (χ0) is 27.7. The van der Waals surface area contributed by atoms with E-state index in [0.717, 1.165) is 70.7 Å². The predicted octanol–water partition coefficient (Wildman–Crippen LogP) is 7.41. The average Bonchev–Trinajstić information content (AvgIpc) is 3.32. The number of fused-ring (bicyclic) bond motifs is 1. The van der Waals surface area contributed by atoms with E-state index in [2.05, 4.69) is 5.32 Å². The van der Waals surface area contributed by atoms with E-state index in [1.54, 1.807) is 6.26 Å². The van der Waals surface area contributed by atoms with Crippen molar-refractivity contribution in [3.05, 3.63) is 87.8 Å². The van der Waals surface area contributed by atoms with Crippen LogP contribution in [0.3, 0.4) is 0 Å². The third kappa shape index (κ3) is 5.86. The molecule has 1 unspecified atom stereocenters. The minimum atomic E-state index is -1.10. The summed E-state index contributed by atoms with van der Waals surface area (Å²) >= 11 is 6.34. The van der Waals surface area contributed by atoms with Crippen molar-refractivity contribution in [3.8, 4) is 11.1 Å². The Balaban J connectivity index is 1.50. The molecule has 1 heterocycles. The standard InChI is InChI=1S/C30H29ClF2N2O2S2/c1-34-21-9-11-22(12-10-21)35(30(36)29-27(31)26-24(32)13-14-25(33)28(26)38-29)17-18-5-3-6-19(15-18)20-7-4-8-23(16-20)39(2)37/h3-8,13-16,21-22,34H,9-12,17H2,1-2H3/t21-,22-,39?. The first kappa shape index (κ1) is 28.1. The molecule has 0 bridgehead atoms. The van der Waals surface area contributed by atoms with Crippen molar-refractivity contribution in [2.24, 2.45) is 0 Å². The van der Waals surface area contributed by atoms with Gasteiger partial charge in [-0.2, -0.15) is 0 Å². The summed E-state index contributed by atoms with van der Waals surface area (Å²) in [6.07, 6.45) is 5.13. The fourth-order valence-electron chi connectivity index (χ4n) is 5.31. The molecule has 1 aliphatic carbocycles. The Morgan fingerprint density at radius 1 is 1.05 bits per heavy atom. The van der Waals surface area contributed by atoms with Gasteiger partial charge in [-0.3, -0.25) is 4.79 Å². The van der Waals surface area contributed by atoms with E-state index < -0.39 is 22.8 Å². The minimum absolute atomic E-state index is 0.0347. The maximum Gasteiger partial charge on any atom is 0.266 e. The minimum Gasteiger partial charge on any atom is -0.612 e. The number of carbonyl (C=O) groups excluding carboxylic acids is 1. The number of nitrogens with zero attached hydrogens (tertiary/aromatic N) is 1. The molecule has 0 saturated heterocycles. The number of hydrogen-bond acceptors (Lipinski definition) is 4. The molecule has 4 aromatic rings. The molecule has 1 N–H and O–H groups in total. The first-order chi connectivity index (χ1) is 18.8. The quantitative estimate of drug-likeness (QED) is 0.229. The van der Waals surface area contributed by atoms with Crippen LogP contribution in [0.5, 0.6) is 0 Å². The van der Waals surface area contributed by atoms with Crippen LogP contribution in [0.2, 0.25) is 5.02 Å². The molecule has 1 aromatic heterocycles. The number of amides is 1. The maximum atomic E-state index is 14.6. The molecule has 5 rings (SSSR count).